The second kappa shape index (κ2) is 6.00. The SMILES string of the molecule is OCC(O)[C@H](O)[C@H](O)C(O)c1nc2cc(F)c(F)cc2[nH]1. The molecule has 2 aromatic rings. The van der Waals surface area contributed by atoms with Crippen molar-refractivity contribution < 1.29 is 34.3 Å². The molecule has 4 atom stereocenters. The molecular weight excluding hydrogens is 290 g/mol. The summed E-state index contributed by atoms with van der Waals surface area (Å²) in [6.45, 7) is -0.818. The van der Waals surface area contributed by atoms with E-state index in [4.69, 9.17) is 5.11 Å². The normalized spacial score (nSPS) is 17.7. The zero-order valence-electron chi connectivity index (χ0n) is 10.6. The predicted molar refractivity (Wildman–Crippen MR) is 66.1 cm³/mol. The summed E-state index contributed by atoms with van der Waals surface area (Å²) in [6.07, 6.45) is -7.09. The maximum absolute atomic E-state index is 13.1. The molecule has 0 spiro atoms. The van der Waals surface area contributed by atoms with Crippen molar-refractivity contribution in [2.45, 2.75) is 24.4 Å². The third-order valence-corrected chi connectivity index (χ3v) is 3.08. The number of benzene rings is 1. The maximum atomic E-state index is 13.1. The number of nitrogens with one attached hydrogen (secondary N) is 1. The minimum atomic E-state index is -1.86. The van der Waals surface area contributed by atoms with E-state index in [-0.39, 0.29) is 16.9 Å². The lowest BCUT2D eigenvalue weighted by Crippen LogP contribution is -2.42. The van der Waals surface area contributed by atoms with Gasteiger partial charge in [-0.2, -0.15) is 0 Å². The Hall–Kier alpha value is -1.65. The summed E-state index contributed by atoms with van der Waals surface area (Å²) in [5.74, 6) is -2.47. The average molecular weight is 304 g/mol. The van der Waals surface area contributed by atoms with Crippen LogP contribution in [0.1, 0.15) is 11.9 Å². The molecule has 6 N–H and O–H groups in total. The molecule has 0 radical (unpaired) electrons. The molecule has 1 aromatic carbocycles. The van der Waals surface area contributed by atoms with Crippen molar-refractivity contribution in [2.75, 3.05) is 6.61 Å². The summed E-state index contributed by atoms with van der Waals surface area (Å²) in [5, 5.41) is 46.9. The predicted octanol–water partition coefficient (Wildman–Crippen LogP) is -1.05. The maximum Gasteiger partial charge on any atom is 0.161 e. The van der Waals surface area contributed by atoms with Crippen molar-refractivity contribution >= 4 is 11.0 Å². The number of aliphatic hydroxyl groups excluding tert-OH is 5. The van der Waals surface area contributed by atoms with Crippen molar-refractivity contribution in [3.63, 3.8) is 0 Å². The number of imidazole rings is 1. The van der Waals surface area contributed by atoms with Gasteiger partial charge in [-0.25, -0.2) is 13.8 Å². The first kappa shape index (κ1) is 15.7. The van der Waals surface area contributed by atoms with Crippen LogP contribution in [0.3, 0.4) is 0 Å². The van der Waals surface area contributed by atoms with Crippen LogP contribution in [-0.4, -0.2) is 60.4 Å². The largest absolute Gasteiger partial charge is 0.394 e. The standard InChI is InChI=1S/C12H14F2N2O5/c13-4-1-6-7(2-5(4)14)16-12(15-6)11(21)10(20)9(19)8(18)3-17/h1-2,8-11,17-21H,3H2,(H,15,16)/t8?,9-,10-,11?/m0/s1. The van der Waals surface area contributed by atoms with Crippen LogP contribution in [-0.2, 0) is 0 Å². The Morgan fingerprint density at radius 2 is 1.67 bits per heavy atom. The summed E-state index contributed by atoms with van der Waals surface area (Å²) in [5.41, 5.74) is 0.111. The molecule has 7 nitrogen and oxygen atoms in total. The quantitative estimate of drug-likeness (QED) is 0.418. The number of aromatic amines is 1. The Bertz CT molecular complexity index is 596. The number of hydrogen-bond acceptors (Lipinski definition) is 6. The molecule has 2 rings (SSSR count). The van der Waals surface area contributed by atoms with Gasteiger partial charge in [0.2, 0.25) is 0 Å². The molecule has 0 fully saturated rings. The van der Waals surface area contributed by atoms with Gasteiger partial charge < -0.3 is 30.5 Å². The van der Waals surface area contributed by atoms with Gasteiger partial charge in [-0.05, 0) is 0 Å². The van der Waals surface area contributed by atoms with E-state index in [1.807, 2.05) is 0 Å². The Kier molecular flexibility index (Phi) is 4.49. The van der Waals surface area contributed by atoms with E-state index in [0.29, 0.717) is 0 Å². The van der Waals surface area contributed by atoms with Crippen LogP contribution in [0.4, 0.5) is 8.78 Å². The summed E-state index contributed by atoms with van der Waals surface area (Å²) in [7, 11) is 0. The molecule has 1 heterocycles. The average Bonchev–Trinajstić information content (AvgIpc) is 2.87. The van der Waals surface area contributed by atoms with Crippen molar-refractivity contribution in [1.82, 2.24) is 9.97 Å². The van der Waals surface area contributed by atoms with Gasteiger partial charge in [0, 0.05) is 12.1 Å². The highest BCUT2D eigenvalue weighted by molar-refractivity contribution is 5.75. The van der Waals surface area contributed by atoms with Gasteiger partial charge in [-0.1, -0.05) is 0 Å². The Labute approximate surface area is 117 Å². The summed E-state index contributed by atoms with van der Waals surface area (Å²) >= 11 is 0. The van der Waals surface area contributed by atoms with E-state index >= 15 is 0 Å². The van der Waals surface area contributed by atoms with Gasteiger partial charge in [0.05, 0.1) is 17.6 Å². The lowest BCUT2D eigenvalue weighted by molar-refractivity contribution is -0.117. The molecule has 2 unspecified atom stereocenters. The minimum absolute atomic E-state index is 0.0207. The van der Waals surface area contributed by atoms with E-state index < -0.39 is 42.7 Å². The third kappa shape index (κ3) is 3.01. The number of halogens is 2. The molecule has 1 aromatic heterocycles. The zero-order valence-corrected chi connectivity index (χ0v) is 10.6. The molecule has 0 aliphatic rings. The van der Waals surface area contributed by atoms with Gasteiger partial charge in [-0.3, -0.25) is 0 Å². The molecule has 0 amide bonds. The van der Waals surface area contributed by atoms with Crippen molar-refractivity contribution in [3.05, 3.63) is 29.6 Å². The lowest BCUT2D eigenvalue weighted by atomic mass is 10.0. The van der Waals surface area contributed by atoms with Crippen LogP contribution >= 0.6 is 0 Å². The van der Waals surface area contributed by atoms with Gasteiger partial charge in [0.1, 0.15) is 30.2 Å². The second-order valence-electron chi connectivity index (χ2n) is 4.58. The third-order valence-electron chi connectivity index (χ3n) is 3.08. The van der Waals surface area contributed by atoms with Gasteiger partial charge in [0.15, 0.2) is 11.6 Å². The molecule has 0 aliphatic heterocycles. The first-order chi connectivity index (χ1) is 9.85. The molecule has 116 valence electrons. The summed E-state index contributed by atoms with van der Waals surface area (Å²) in [4.78, 5) is 6.25. The van der Waals surface area contributed by atoms with E-state index in [0.717, 1.165) is 12.1 Å². The number of fused-ring (bicyclic) bond motifs is 1. The van der Waals surface area contributed by atoms with E-state index in [1.165, 1.54) is 0 Å². The fourth-order valence-corrected chi connectivity index (χ4v) is 1.85. The van der Waals surface area contributed by atoms with Gasteiger partial charge in [-0.15, -0.1) is 0 Å². The Morgan fingerprint density at radius 1 is 1.05 bits per heavy atom. The van der Waals surface area contributed by atoms with E-state index in [2.05, 4.69) is 9.97 Å². The van der Waals surface area contributed by atoms with Crippen molar-refractivity contribution in [1.29, 1.82) is 0 Å². The second-order valence-corrected chi connectivity index (χ2v) is 4.58. The lowest BCUT2D eigenvalue weighted by Gasteiger charge is -2.24. The molecule has 0 saturated carbocycles. The Balaban J connectivity index is 2.28. The topological polar surface area (TPSA) is 130 Å². The fourth-order valence-electron chi connectivity index (χ4n) is 1.85. The number of H-pyrrole nitrogens is 1. The highest BCUT2D eigenvalue weighted by Gasteiger charge is 2.32. The first-order valence-electron chi connectivity index (χ1n) is 6.03. The Morgan fingerprint density at radius 3 is 2.29 bits per heavy atom. The number of aliphatic hydroxyl groups is 5. The van der Waals surface area contributed by atoms with Crippen LogP contribution in [0, 0.1) is 11.6 Å². The highest BCUT2D eigenvalue weighted by atomic mass is 19.2. The molecular formula is C12H14F2N2O5. The van der Waals surface area contributed by atoms with Crippen LogP contribution in [0.2, 0.25) is 0 Å². The summed E-state index contributed by atoms with van der Waals surface area (Å²) < 4.78 is 26.1. The van der Waals surface area contributed by atoms with Crippen molar-refractivity contribution in [3.8, 4) is 0 Å². The molecule has 21 heavy (non-hydrogen) atoms. The monoisotopic (exact) mass is 304 g/mol. The van der Waals surface area contributed by atoms with Crippen LogP contribution in [0.15, 0.2) is 12.1 Å². The number of aromatic nitrogens is 2. The highest BCUT2D eigenvalue weighted by Crippen LogP contribution is 2.22. The minimum Gasteiger partial charge on any atom is -0.394 e. The fraction of sp³-hybridized carbons (Fsp3) is 0.417. The van der Waals surface area contributed by atoms with E-state index in [1.54, 1.807) is 0 Å². The number of nitrogens with zero attached hydrogens (tertiary/aromatic N) is 1. The van der Waals surface area contributed by atoms with Crippen LogP contribution in [0.5, 0.6) is 0 Å². The van der Waals surface area contributed by atoms with Crippen LogP contribution in [0.25, 0.3) is 11.0 Å². The van der Waals surface area contributed by atoms with E-state index in [9.17, 15) is 29.2 Å². The smallest absolute Gasteiger partial charge is 0.161 e. The number of rotatable bonds is 5. The van der Waals surface area contributed by atoms with Crippen molar-refractivity contribution in [2.24, 2.45) is 0 Å². The first-order valence-corrected chi connectivity index (χ1v) is 6.03. The summed E-state index contributed by atoms with van der Waals surface area (Å²) in [6, 6.07) is 1.64. The van der Waals surface area contributed by atoms with Gasteiger partial charge in [0.25, 0.3) is 0 Å². The van der Waals surface area contributed by atoms with Gasteiger partial charge >= 0.3 is 0 Å². The molecule has 0 saturated heterocycles. The zero-order chi connectivity index (χ0) is 15.7. The molecule has 9 heteroatoms. The van der Waals surface area contributed by atoms with Crippen LogP contribution < -0.4 is 0 Å². The molecule has 0 bridgehead atoms. The number of hydrogen-bond donors (Lipinski definition) is 6. The molecule has 0 aliphatic carbocycles.